The molecule has 1 fully saturated rings. The lowest BCUT2D eigenvalue weighted by Crippen LogP contribution is -2.59. The van der Waals surface area contributed by atoms with Crippen LogP contribution in [0.2, 0.25) is 0 Å². The van der Waals surface area contributed by atoms with E-state index >= 15 is 0 Å². The van der Waals surface area contributed by atoms with Gasteiger partial charge in [-0.2, -0.15) is 0 Å². The minimum absolute atomic E-state index is 0.201. The third-order valence-corrected chi connectivity index (χ3v) is 4.43. The van der Waals surface area contributed by atoms with E-state index in [0.717, 1.165) is 25.2 Å². The van der Waals surface area contributed by atoms with Crippen molar-refractivity contribution in [2.75, 3.05) is 14.1 Å². The molecular weight excluding hydrogens is 208 g/mol. The number of hydrogen-bond donors (Lipinski definition) is 1. The fourth-order valence-corrected chi connectivity index (χ4v) is 3.33. The van der Waals surface area contributed by atoms with Gasteiger partial charge in [0.1, 0.15) is 0 Å². The van der Waals surface area contributed by atoms with Crippen LogP contribution in [-0.2, 0) is 0 Å². The molecule has 2 heteroatoms. The highest BCUT2D eigenvalue weighted by Gasteiger charge is 2.41. The van der Waals surface area contributed by atoms with Crippen LogP contribution in [0.1, 0.15) is 51.9 Å². The Labute approximate surface area is 107 Å². The molecule has 0 radical (unpaired) electrons. The molecule has 1 aliphatic rings. The van der Waals surface area contributed by atoms with Gasteiger partial charge >= 0.3 is 0 Å². The maximum absolute atomic E-state index is 6.48. The Bertz CT molecular complexity index is 267. The zero-order valence-corrected chi connectivity index (χ0v) is 11.7. The van der Waals surface area contributed by atoms with Crippen molar-refractivity contribution in [1.82, 2.24) is 4.90 Å². The van der Waals surface area contributed by atoms with Gasteiger partial charge in [0.05, 0.1) is 0 Å². The van der Waals surface area contributed by atoms with Crippen LogP contribution in [0.15, 0.2) is 0 Å². The fraction of sp³-hybridized carbons (Fsp3) is 0.867. The molecule has 0 aromatic heterocycles. The molecule has 3 atom stereocenters. The van der Waals surface area contributed by atoms with Gasteiger partial charge < -0.3 is 10.6 Å². The van der Waals surface area contributed by atoms with Gasteiger partial charge in [0.15, 0.2) is 0 Å². The van der Waals surface area contributed by atoms with E-state index in [4.69, 9.17) is 12.2 Å². The summed E-state index contributed by atoms with van der Waals surface area (Å²) in [6.45, 7) is 2.35. The average Bonchev–Trinajstić information content (AvgIpc) is 2.28. The number of unbranched alkanes of at least 4 members (excludes halogenated alkanes) is 1. The van der Waals surface area contributed by atoms with Gasteiger partial charge in [-0.1, -0.05) is 19.8 Å². The monoisotopic (exact) mass is 236 g/mol. The highest BCUT2D eigenvalue weighted by Crippen LogP contribution is 2.38. The lowest BCUT2D eigenvalue weighted by Gasteiger charge is -2.49. The van der Waals surface area contributed by atoms with Crippen LogP contribution in [0, 0.1) is 18.3 Å². The highest BCUT2D eigenvalue weighted by atomic mass is 15.2. The van der Waals surface area contributed by atoms with Crippen LogP contribution < -0.4 is 5.73 Å². The number of nitrogens with two attached hydrogens (primary N) is 1. The quantitative estimate of drug-likeness (QED) is 0.587. The molecule has 0 bridgehead atoms. The Kier molecular flexibility index (Phi) is 5.49. The molecule has 3 unspecified atom stereocenters. The SMILES string of the molecule is C#CCCCC(N)C1(N(C)C)CCCC(C)C1. The van der Waals surface area contributed by atoms with Crippen molar-refractivity contribution in [2.45, 2.75) is 63.5 Å². The molecule has 0 amide bonds. The van der Waals surface area contributed by atoms with Gasteiger partial charge in [0.25, 0.3) is 0 Å². The summed E-state index contributed by atoms with van der Waals surface area (Å²) in [5, 5.41) is 0. The number of rotatable bonds is 5. The van der Waals surface area contributed by atoms with E-state index < -0.39 is 0 Å². The highest BCUT2D eigenvalue weighted by molar-refractivity contribution is 5.00. The van der Waals surface area contributed by atoms with Gasteiger partial charge in [-0.15, -0.1) is 12.3 Å². The molecule has 1 saturated carbocycles. The van der Waals surface area contributed by atoms with Crippen LogP contribution in [0.25, 0.3) is 0 Å². The Morgan fingerprint density at radius 1 is 1.53 bits per heavy atom. The Balaban J connectivity index is 2.66. The third kappa shape index (κ3) is 3.47. The first-order valence-electron chi connectivity index (χ1n) is 6.89. The third-order valence-electron chi connectivity index (χ3n) is 4.43. The zero-order valence-electron chi connectivity index (χ0n) is 11.7. The maximum atomic E-state index is 6.48. The first-order chi connectivity index (χ1) is 8.03. The lowest BCUT2D eigenvalue weighted by atomic mass is 9.70. The predicted octanol–water partition coefficient (Wildman–Crippen LogP) is 2.63. The summed E-state index contributed by atoms with van der Waals surface area (Å²) in [4.78, 5) is 2.36. The summed E-state index contributed by atoms with van der Waals surface area (Å²) in [6, 6.07) is 0.258. The van der Waals surface area contributed by atoms with E-state index in [-0.39, 0.29) is 11.6 Å². The van der Waals surface area contributed by atoms with Gasteiger partial charge in [0, 0.05) is 18.0 Å². The summed E-state index contributed by atoms with van der Waals surface area (Å²) in [7, 11) is 4.36. The summed E-state index contributed by atoms with van der Waals surface area (Å²) in [6.07, 6.45) is 13.4. The van der Waals surface area contributed by atoms with Crippen LogP contribution in [0.5, 0.6) is 0 Å². The summed E-state index contributed by atoms with van der Waals surface area (Å²) in [5.74, 6) is 3.50. The molecule has 0 saturated heterocycles. The minimum atomic E-state index is 0.201. The summed E-state index contributed by atoms with van der Waals surface area (Å²) >= 11 is 0. The van der Waals surface area contributed by atoms with Crippen molar-refractivity contribution >= 4 is 0 Å². The second kappa shape index (κ2) is 6.42. The van der Waals surface area contributed by atoms with Crippen molar-refractivity contribution in [2.24, 2.45) is 11.7 Å². The van der Waals surface area contributed by atoms with Crippen molar-refractivity contribution in [1.29, 1.82) is 0 Å². The first-order valence-corrected chi connectivity index (χ1v) is 6.89. The average molecular weight is 236 g/mol. The number of likely N-dealkylation sites (N-methyl/N-ethyl adjacent to an activating group) is 1. The standard InChI is InChI=1S/C15H28N2/c1-5-6-7-10-14(16)15(17(3)4)11-8-9-13(2)12-15/h1,13-14H,6-12,16H2,2-4H3. The molecule has 2 nitrogen and oxygen atoms in total. The van der Waals surface area contributed by atoms with Gasteiger partial charge in [-0.3, -0.25) is 0 Å². The van der Waals surface area contributed by atoms with Crippen molar-refractivity contribution in [3.8, 4) is 12.3 Å². The molecule has 0 aliphatic heterocycles. The van der Waals surface area contributed by atoms with Crippen LogP contribution in [0.3, 0.4) is 0 Å². The van der Waals surface area contributed by atoms with Crippen molar-refractivity contribution < 1.29 is 0 Å². The topological polar surface area (TPSA) is 29.3 Å². The molecule has 17 heavy (non-hydrogen) atoms. The van der Waals surface area contributed by atoms with Gasteiger partial charge in [0.2, 0.25) is 0 Å². The van der Waals surface area contributed by atoms with E-state index in [1.807, 2.05) is 0 Å². The Hall–Kier alpha value is -0.520. The molecule has 1 aliphatic carbocycles. The predicted molar refractivity (Wildman–Crippen MR) is 74.7 cm³/mol. The first kappa shape index (κ1) is 14.5. The molecule has 98 valence electrons. The van der Waals surface area contributed by atoms with Crippen LogP contribution in [0.4, 0.5) is 0 Å². The molecule has 2 N–H and O–H groups in total. The maximum Gasteiger partial charge on any atom is 0.0356 e. The molecule has 0 aromatic carbocycles. The zero-order chi connectivity index (χ0) is 12.9. The van der Waals surface area contributed by atoms with E-state index in [1.165, 1.54) is 25.7 Å². The van der Waals surface area contributed by atoms with Crippen molar-refractivity contribution in [3.63, 3.8) is 0 Å². The molecule has 0 aromatic rings. The summed E-state index contributed by atoms with van der Waals surface area (Å²) < 4.78 is 0. The lowest BCUT2D eigenvalue weighted by molar-refractivity contribution is 0.0471. The second-order valence-corrected chi connectivity index (χ2v) is 5.90. The smallest absolute Gasteiger partial charge is 0.0356 e. The van der Waals surface area contributed by atoms with Crippen molar-refractivity contribution in [3.05, 3.63) is 0 Å². The van der Waals surface area contributed by atoms with Crippen LogP contribution >= 0.6 is 0 Å². The fourth-order valence-electron chi connectivity index (χ4n) is 3.33. The Morgan fingerprint density at radius 3 is 2.76 bits per heavy atom. The number of hydrogen-bond acceptors (Lipinski definition) is 2. The van der Waals surface area contributed by atoms with E-state index in [1.54, 1.807) is 0 Å². The largest absolute Gasteiger partial charge is 0.326 e. The molecule has 0 heterocycles. The summed E-state index contributed by atoms with van der Waals surface area (Å²) in [5.41, 5.74) is 6.68. The molecule has 0 spiro atoms. The Morgan fingerprint density at radius 2 is 2.24 bits per heavy atom. The van der Waals surface area contributed by atoms with E-state index in [2.05, 4.69) is 31.8 Å². The van der Waals surface area contributed by atoms with Gasteiger partial charge in [-0.05, 0) is 45.7 Å². The number of nitrogens with zero attached hydrogens (tertiary/aromatic N) is 1. The van der Waals surface area contributed by atoms with Gasteiger partial charge in [-0.25, -0.2) is 0 Å². The molecule has 1 rings (SSSR count). The molecular formula is C15H28N2. The second-order valence-electron chi connectivity index (χ2n) is 5.90. The normalized spacial score (nSPS) is 31.2. The van der Waals surface area contributed by atoms with E-state index in [9.17, 15) is 0 Å². The minimum Gasteiger partial charge on any atom is -0.326 e. The van der Waals surface area contributed by atoms with E-state index in [0.29, 0.717) is 0 Å². The van der Waals surface area contributed by atoms with Crippen LogP contribution in [-0.4, -0.2) is 30.6 Å². The number of terminal acetylenes is 1.